The van der Waals surface area contributed by atoms with Crippen molar-refractivity contribution in [1.29, 1.82) is 0 Å². The van der Waals surface area contributed by atoms with Crippen LogP contribution in [-0.4, -0.2) is 14.2 Å². The fourth-order valence-electron chi connectivity index (χ4n) is 0.758. The summed E-state index contributed by atoms with van der Waals surface area (Å²) in [7, 11) is 3.12. The summed E-state index contributed by atoms with van der Waals surface area (Å²) in [6, 6.07) is 6.23. The monoisotopic (exact) mass is 152 g/mol. The van der Waals surface area contributed by atoms with E-state index in [0.717, 1.165) is 0 Å². The first-order valence-electron chi connectivity index (χ1n) is 3.17. The SMILES string of the molecule is COc1[c]c(OC)cc(N)c1. The molecule has 0 amide bonds. The van der Waals surface area contributed by atoms with Crippen molar-refractivity contribution in [3.05, 3.63) is 18.2 Å². The van der Waals surface area contributed by atoms with Gasteiger partial charge in [0.05, 0.1) is 20.3 Å². The van der Waals surface area contributed by atoms with Gasteiger partial charge in [-0.05, 0) is 0 Å². The van der Waals surface area contributed by atoms with Crippen LogP contribution in [0.4, 0.5) is 5.69 Å². The smallest absolute Gasteiger partial charge is 0.132 e. The maximum Gasteiger partial charge on any atom is 0.132 e. The van der Waals surface area contributed by atoms with E-state index in [2.05, 4.69) is 6.07 Å². The van der Waals surface area contributed by atoms with Crippen LogP contribution in [0, 0.1) is 6.07 Å². The number of nitrogens with two attached hydrogens (primary N) is 1. The molecule has 1 aromatic rings. The van der Waals surface area contributed by atoms with E-state index < -0.39 is 0 Å². The minimum atomic E-state index is 0.585. The van der Waals surface area contributed by atoms with Crippen molar-refractivity contribution in [3.63, 3.8) is 0 Å². The molecule has 0 saturated heterocycles. The zero-order valence-corrected chi connectivity index (χ0v) is 6.55. The molecule has 11 heavy (non-hydrogen) atoms. The van der Waals surface area contributed by atoms with Crippen LogP contribution < -0.4 is 15.2 Å². The summed E-state index contributed by atoms with van der Waals surface area (Å²) in [5, 5.41) is 0. The highest BCUT2D eigenvalue weighted by atomic mass is 16.5. The zero-order valence-electron chi connectivity index (χ0n) is 6.55. The average Bonchev–Trinajstić information content (AvgIpc) is 2.03. The predicted octanol–water partition coefficient (Wildman–Crippen LogP) is 1.09. The van der Waals surface area contributed by atoms with Gasteiger partial charge in [0.25, 0.3) is 0 Å². The molecule has 0 unspecified atom stereocenters. The number of nitrogen functional groups attached to an aromatic ring is 1. The molecule has 0 aliphatic rings. The van der Waals surface area contributed by atoms with Gasteiger partial charge < -0.3 is 15.2 Å². The molecule has 1 rings (SSSR count). The molecule has 59 valence electrons. The number of anilines is 1. The number of methoxy groups -OCH3 is 2. The van der Waals surface area contributed by atoms with Crippen molar-refractivity contribution in [1.82, 2.24) is 0 Å². The first-order valence-corrected chi connectivity index (χ1v) is 3.17. The number of ether oxygens (including phenoxy) is 2. The van der Waals surface area contributed by atoms with Crippen LogP contribution in [-0.2, 0) is 0 Å². The summed E-state index contributed by atoms with van der Waals surface area (Å²) in [4.78, 5) is 0. The van der Waals surface area contributed by atoms with Crippen LogP contribution in [0.2, 0.25) is 0 Å². The fraction of sp³-hybridized carbons (Fsp3) is 0.250. The third-order valence-corrected chi connectivity index (χ3v) is 1.28. The van der Waals surface area contributed by atoms with E-state index in [0.29, 0.717) is 17.2 Å². The van der Waals surface area contributed by atoms with Gasteiger partial charge in [0, 0.05) is 17.8 Å². The Hall–Kier alpha value is -1.38. The number of rotatable bonds is 2. The Morgan fingerprint density at radius 3 is 2.00 bits per heavy atom. The highest BCUT2D eigenvalue weighted by molar-refractivity contribution is 5.49. The Bertz CT molecular complexity index is 226. The zero-order chi connectivity index (χ0) is 8.27. The van der Waals surface area contributed by atoms with Gasteiger partial charge in [-0.2, -0.15) is 0 Å². The minimum Gasteiger partial charge on any atom is -0.496 e. The summed E-state index contributed by atoms with van der Waals surface area (Å²) in [6.07, 6.45) is 0. The van der Waals surface area contributed by atoms with Gasteiger partial charge in [0.1, 0.15) is 11.5 Å². The Labute approximate surface area is 65.7 Å². The molecular weight excluding hydrogens is 142 g/mol. The van der Waals surface area contributed by atoms with E-state index in [1.807, 2.05) is 0 Å². The molecule has 0 aromatic heterocycles. The first kappa shape index (κ1) is 7.72. The average molecular weight is 152 g/mol. The van der Waals surface area contributed by atoms with Gasteiger partial charge in [-0.15, -0.1) is 0 Å². The highest BCUT2D eigenvalue weighted by Gasteiger charge is 1.98. The van der Waals surface area contributed by atoms with Crippen molar-refractivity contribution in [3.8, 4) is 11.5 Å². The van der Waals surface area contributed by atoms with Crippen LogP contribution >= 0.6 is 0 Å². The van der Waals surface area contributed by atoms with E-state index in [-0.39, 0.29) is 0 Å². The molecule has 3 nitrogen and oxygen atoms in total. The molecule has 0 aliphatic carbocycles. The molecule has 0 saturated carbocycles. The second-order valence-corrected chi connectivity index (χ2v) is 2.05. The van der Waals surface area contributed by atoms with Crippen LogP contribution in [0.25, 0.3) is 0 Å². The van der Waals surface area contributed by atoms with E-state index in [1.165, 1.54) is 0 Å². The largest absolute Gasteiger partial charge is 0.496 e. The van der Waals surface area contributed by atoms with Gasteiger partial charge in [-0.3, -0.25) is 0 Å². The Morgan fingerprint density at radius 1 is 1.18 bits per heavy atom. The molecule has 1 radical (unpaired) electrons. The third-order valence-electron chi connectivity index (χ3n) is 1.28. The van der Waals surface area contributed by atoms with Gasteiger partial charge in [-0.25, -0.2) is 0 Å². The summed E-state index contributed by atoms with van der Waals surface area (Å²) in [6.45, 7) is 0. The van der Waals surface area contributed by atoms with Crippen LogP contribution in [0.15, 0.2) is 12.1 Å². The van der Waals surface area contributed by atoms with Crippen LogP contribution in [0.1, 0.15) is 0 Å². The van der Waals surface area contributed by atoms with Crippen molar-refractivity contribution in [2.45, 2.75) is 0 Å². The Kier molecular flexibility index (Phi) is 2.21. The van der Waals surface area contributed by atoms with Crippen molar-refractivity contribution in [2.75, 3.05) is 20.0 Å². The van der Waals surface area contributed by atoms with E-state index in [1.54, 1.807) is 26.4 Å². The lowest BCUT2D eigenvalue weighted by Crippen LogP contribution is -1.91. The summed E-state index contributed by atoms with van der Waals surface area (Å²) < 4.78 is 9.84. The van der Waals surface area contributed by atoms with Crippen molar-refractivity contribution < 1.29 is 9.47 Å². The molecule has 3 heteroatoms. The Balaban J connectivity index is 3.02. The molecule has 1 aromatic carbocycles. The van der Waals surface area contributed by atoms with E-state index in [4.69, 9.17) is 15.2 Å². The quantitative estimate of drug-likeness (QED) is 0.645. The molecule has 0 spiro atoms. The second kappa shape index (κ2) is 3.14. The van der Waals surface area contributed by atoms with Crippen LogP contribution in [0.5, 0.6) is 11.5 Å². The van der Waals surface area contributed by atoms with Gasteiger partial charge in [0.2, 0.25) is 0 Å². The van der Waals surface area contributed by atoms with Crippen molar-refractivity contribution in [2.24, 2.45) is 0 Å². The number of hydrogen-bond donors (Lipinski definition) is 1. The topological polar surface area (TPSA) is 44.5 Å². The summed E-state index contributed by atoms with van der Waals surface area (Å²) >= 11 is 0. The summed E-state index contributed by atoms with van der Waals surface area (Å²) in [5.74, 6) is 1.17. The second-order valence-electron chi connectivity index (χ2n) is 2.05. The Morgan fingerprint density at radius 2 is 1.64 bits per heavy atom. The fourth-order valence-corrected chi connectivity index (χ4v) is 0.758. The molecule has 0 aliphatic heterocycles. The number of hydrogen-bond acceptors (Lipinski definition) is 3. The first-order chi connectivity index (χ1) is 5.26. The third kappa shape index (κ3) is 1.77. The molecule has 0 atom stereocenters. The van der Waals surface area contributed by atoms with E-state index in [9.17, 15) is 0 Å². The van der Waals surface area contributed by atoms with Gasteiger partial charge in [0.15, 0.2) is 0 Å². The molecule has 0 heterocycles. The normalized spacial score (nSPS) is 9.27. The van der Waals surface area contributed by atoms with Crippen molar-refractivity contribution >= 4 is 5.69 Å². The molecule has 0 bridgehead atoms. The summed E-state index contributed by atoms with van der Waals surface area (Å²) in [5.41, 5.74) is 6.14. The molecular formula is C8H10NO2. The molecule has 0 fully saturated rings. The van der Waals surface area contributed by atoms with E-state index >= 15 is 0 Å². The lowest BCUT2D eigenvalue weighted by Gasteiger charge is -2.03. The van der Waals surface area contributed by atoms with Gasteiger partial charge >= 0.3 is 0 Å². The predicted molar refractivity (Wildman–Crippen MR) is 42.8 cm³/mol. The minimum absolute atomic E-state index is 0.585. The number of benzene rings is 1. The molecule has 2 N–H and O–H groups in total. The maximum atomic E-state index is 5.53. The lowest BCUT2D eigenvalue weighted by molar-refractivity contribution is 0.393. The standard InChI is InChI=1S/C8H10NO2/c1-10-7-3-6(9)4-8(5-7)11-2/h3-4H,9H2,1-2H3. The highest BCUT2D eigenvalue weighted by Crippen LogP contribution is 2.22. The lowest BCUT2D eigenvalue weighted by atomic mass is 10.3. The maximum absolute atomic E-state index is 5.53. The van der Waals surface area contributed by atoms with Crippen LogP contribution in [0.3, 0.4) is 0 Å². The van der Waals surface area contributed by atoms with Gasteiger partial charge in [-0.1, -0.05) is 0 Å².